The van der Waals surface area contributed by atoms with E-state index in [0.717, 1.165) is 12.1 Å². The van der Waals surface area contributed by atoms with Gasteiger partial charge in [0.15, 0.2) is 0 Å². The average molecular weight is 392 g/mol. The second kappa shape index (κ2) is 8.26. The van der Waals surface area contributed by atoms with Crippen molar-refractivity contribution >= 4 is 17.5 Å². The molecule has 1 aliphatic heterocycles. The molecular formula is C22H21FN4O2. The van der Waals surface area contributed by atoms with Gasteiger partial charge in [-0.25, -0.2) is 9.07 Å². The van der Waals surface area contributed by atoms with Gasteiger partial charge in [0, 0.05) is 24.6 Å². The highest BCUT2D eigenvalue weighted by Gasteiger charge is 2.34. The topological polar surface area (TPSA) is 67.2 Å². The number of amides is 2. The van der Waals surface area contributed by atoms with Crippen molar-refractivity contribution in [3.05, 3.63) is 78.4 Å². The predicted octanol–water partition coefficient (Wildman–Crippen LogP) is 3.18. The largest absolute Gasteiger partial charge is 0.330 e. The summed E-state index contributed by atoms with van der Waals surface area (Å²) >= 11 is 0. The van der Waals surface area contributed by atoms with Crippen molar-refractivity contribution in [1.29, 1.82) is 0 Å². The molecule has 0 unspecified atom stereocenters. The van der Waals surface area contributed by atoms with Crippen LogP contribution in [-0.4, -0.2) is 39.1 Å². The van der Waals surface area contributed by atoms with Crippen LogP contribution in [0.1, 0.15) is 18.4 Å². The maximum absolute atomic E-state index is 13.9. The van der Waals surface area contributed by atoms with Gasteiger partial charge in [-0.2, -0.15) is 5.10 Å². The molecule has 1 N–H and O–H groups in total. The number of nitrogens with zero attached hydrogens (tertiary/aromatic N) is 3. The van der Waals surface area contributed by atoms with E-state index in [-0.39, 0.29) is 18.2 Å². The summed E-state index contributed by atoms with van der Waals surface area (Å²) in [6.45, 7) is 0.499. The van der Waals surface area contributed by atoms with E-state index in [0.29, 0.717) is 24.2 Å². The zero-order chi connectivity index (χ0) is 20.2. The standard InChI is InChI=1S/C22H21FN4O2/c23-19-9-2-1-6-16(19)14-21(28)26-12-4-10-20(26)22(29)25-17-7-3-8-18(15-17)27-13-5-11-24-27/h1-3,5-9,11,13,15,20H,4,10,12,14H2,(H,25,29)/t20-/m0/s1. The maximum Gasteiger partial charge on any atom is 0.247 e. The van der Waals surface area contributed by atoms with E-state index < -0.39 is 11.9 Å². The zero-order valence-electron chi connectivity index (χ0n) is 15.8. The molecule has 29 heavy (non-hydrogen) atoms. The Morgan fingerprint density at radius 2 is 2.00 bits per heavy atom. The molecule has 3 aromatic rings. The number of carbonyl (C=O) groups is 2. The van der Waals surface area contributed by atoms with Crippen molar-refractivity contribution < 1.29 is 14.0 Å². The van der Waals surface area contributed by atoms with Crippen molar-refractivity contribution in [2.75, 3.05) is 11.9 Å². The third-order valence-corrected chi connectivity index (χ3v) is 5.06. The number of likely N-dealkylation sites (tertiary alicyclic amines) is 1. The first kappa shape index (κ1) is 18.9. The third-order valence-electron chi connectivity index (χ3n) is 5.06. The fourth-order valence-electron chi connectivity index (χ4n) is 3.62. The highest BCUT2D eigenvalue weighted by molar-refractivity contribution is 5.98. The van der Waals surface area contributed by atoms with Gasteiger partial charge in [0.1, 0.15) is 11.9 Å². The van der Waals surface area contributed by atoms with Crippen LogP contribution in [0.5, 0.6) is 0 Å². The Bertz CT molecular complexity index is 1020. The molecule has 0 spiro atoms. The summed E-state index contributed by atoms with van der Waals surface area (Å²) in [5, 5.41) is 7.09. The van der Waals surface area contributed by atoms with Crippen LogP contribution in [0.3, 0.4) is 0 Å². The minimum Gasteiger partial charge on any atom is -0.330 e. The molecule has 0 bridgehead atoms. The van der Waals surface area contributed by atoms with Gasteiger partial charge in [-0.1, -0.05) is 24.3 Å². The van der Waals surface area contributed by atoms with E-state index in [2.05, 4.69) is 10.4 Å². The molecule has 148 valence electrons. The Morgan fingerprint density at radius 3 is 2.79 bits per heavy atom. The molecule has 1 aliphatic rings. The molecule has 0 aliphatic carbocycles. The minimum absolute atomic E-state index is 0.0504. The van der Waals surface area contributed by atoms with Crippen LogP contribution < -0.4 is 5.32 Å². The maximum atomic E-state index is 13.9. The fraction of sp³-hybridized carbons (Fsp3) is 0.227. The quantitative estimate of drug-likeness (QED) is 0.725. The smallest absolute Gasteiger partial charge is 0.247 e. The van der Waals surface area contributed by atoms with Crippen LogP contribution in [-0.2, 0) is 16.0 Å². The molecule has 7 heteroatoms. The predicted molar refractivity (Wildman–Crippen MR) is 107 cm³/mol. The second-order valence-corrected chi connectivity index (χ2v) is 7.00. The van der Waals surface area contributed by atoms with Crippen LogP contribution >= 0.6 is 0 Å². The third kappa shape index (κ3) is 4.18. The van der Waals surface area contributed by atoms with Crippen molar-refractivity contribution in [2.24, 2.45) is 0 Å². The number of hydrogen-bond acceptors (Lipinski definition) is 3. The first-order valence-corrected chi connectivity index (χ1v) is 9.55. The van der Waals surface area contributed by atoms with Gasteiger partial charge in [-0.3, -0.25) is 9.59 Å². The zero-order valence-corrected chi connectivity index (χ0v) is 15.8. The number of nitrogens with one attached hydrogen (secondary N) is 1. The highest BCUT2D eigenvalue weighted by Crippen LogP contribution is 2.22. The number of rotatable bonds is 5. The van der Waals surface area contributed by atoms with Gasteiger partial charge in [-0.05, 0) is 48.7 Å². The lowest BCUT2D eigenvalue weighted by Gasteiger charge is -2.24. The summed E-state index contributed by atoms with van der Waals surface area (Å²) < 4.78 is 15.6. The van der Waals surface area contributed by atoms with E-state index in [1.807, 2.05) is 30.5 Å². The average Bonchev–Trinajstić information content (AvgIpc) is 3.42. The summed E-state index contributed by atoms with van der Waals surface area (Å²) in [6, 6.07) is 14.8. The van der Waals surface area contributed by atoms with Gasteiger partial charge in [-0.15, -0.1) is 0 Å². The summed E-state index contributed by atoms with van der Waals surface area (Å²) in [6.07, 6.45) is 4.79. The van der Waals surface area contributed by atoms with Gasteiger partial charge in [0.05, 0.1) is 12.1 Å². The number of aromatic nitrogens is 2. The molecule has 6 nitrogen and oxygen atoms in total. The van der Waals surface area contributed by atoms with E-state index >= 15 is 0 Å². The summed E-state index contributed by atoms with van der Waals surface area (Å²) in [5.74, 6) is -0.878. The van der Waals surface area contributed by atoms with Crippen molar-refractivity contribution in [3.8, 4) is 5.69 Å². The molecule has 2 aromatic carbocycles. The summed E-state index contributed by atoms with van der Waals surface area (Å²) in [7, 11) is 0. The molecule has 1 atom stereocenters. The van der Waals surface area contributed by atoms with Crippen molar-refractivity contribution in [1.82, 2.24) is 14.7 Å². The Balaban J connectivity index is 1.45. The Morgan fingerprint density at radius 1 is 1.14 bits per heavy atom. The van der Waals surface area contributed by atoms with Gasteiger partial charge < -0.3 is 10.2 Å². The molecule has 0 saturated carbocycles. The number of halogens is 1. The molecule has 1 aromatic heterocycles. The van der Waals surface area contributed by atoms with Crippen molar-refractivity contribution in [2.45, 2.75) is 25.3 Å². The van der Waals surface area contributed by atoms with Crippen LogP contribution in [0.4, 0.5) is 10.1 Å². The highest BCUT2D eigenvalue weighted by atomic mass is 19.1. The monoisotopic (exact) mass is 392 g/mol. The molecule has 4 rings (SSSR count). The molecule has 2 amide bonds. The molecule has 1 fully saturated rings. The van der Waals surface area contributed by atoms with Crippen LogP contribution in [0, 0.1) is 5.82 Å². The Labute approximate surface area is 167 Å². The van der Waals surface area contributed by atoms with E-state index in [1.54, 1.807) is 40.0 Å². The fourth-order valence-corrected chi connectivity index (χ4v) is 3.62. The Hall–Kier alpha value is -3.48. The molecule has 0 radical (unpaired) electrons. The number of anilines is 1. The second-order valence-electron chi connectivity index (χ2n) is 7.00. The van der Waals surface area contributed by atoms with Gasteiger partial charge in [0.25, 0.3) is 0 Å². The number of benzene rings is 2. The van der Waals surface area contributed by atoms with E-state index in [9.17, 15) is 14.0 Å². The first-order valence-electron chi connectivity index (χ1n) is 9.55. The molecule has 1 saturated heterocycles. The first-order chi connectivity index (χ1) is 14.1. The lowest BCUT2D eigenvalue weighted by molar-refractivity contribution is -0.136. The number of hydrogen-bond donors (Lipinski definition) is 1. The lowest BCUT2D eigenvalue weighted by Crippen LogP contribution is -2.43. The molecular weight excluding hydrogens is 371 g/mol. The minimum atomic E-state index is -0.553. The number of carbonyl (C=O) groups excluding carboxylic acids is 2. The SMILES string of the molecule is O=C(Nc1cccc(-n2cccn2)c1)[C@@H]1CCCN1C(=O)Cc1ccccc1F. The van der Waals surface area contributed by atoms with Gasteiger partial charge in [0.2, 0.25) is 11.8 Å². The lowest BCUT2D eigenvalue weighted by atomic mass is 10.1. The Kier molecular flexibility index (Phi) is 5.37. The van der Waals surface area contributed by atoms with E-state index in [4.69, 9.17) is 0 Å². The normalized spacial score (nSPS) is 16.0. The van der Waals surface area contributed by atoms with Crippen LogP contribution in [0.25, 0.3) is 5.69 Å². The van der Waals surface area contributed by atoms with Crippen molar-refractivity contribution in [3.63, 3.8) is 0 Å². The van der Waals surface area contributed by atoms with Crippen LogP contribution in [0.15, 0.2) is 67.0 Å². The van der Waals surface area contributed by atoms with Crippen LogP contribution in [0.2, 0.25) is 0 Å². The summed E-state index contributed by atoms with van der Waals surface area (Å²) in [4.78, 5) is 27.1. The van der Waals surface area contributed by atoms with E-state index in [1.165, 1.54) is 6.07 Å². The summed E-state index contributed by atoms with van der Waals surface area (Å²) in [5.41, 5.74) is 1.80. The van der Waals surface area contributed by atoms with Gasteiger partial charge >= 0.3 is 0 Å². The molecule has 2 heterocycles.